The predicted octanol–water partition coefficient (Wildman–Crippen LogP) is 5.02. The molecule has 0 aliphatic carbocycles. The van der Waals surface area contributed by atoms with E-state index < -0.39 is 16.8 Å². The smallest absolute Gasteiger partial charge is 0.269 e. The number of amides is 1. The molecule has 0 aliphatic heterocycles. The highest BCUT2D eigenvalue weighted by molar-refractivity contribution is 5.81. The average Bonchev–Trinajstić information content (AvgIpc) is 3.28. The Kier molecular flexibility index (Phi) is 6.86. The zero-order chi connectivity index (χ0) is 24.9. The van der Waals surface area contributed by atoms with Crippen molar-refractivity contribution in [2.45, 2.75) is 19.4 Å². The van der Waals surface area contributed by atoms with Gasteiger partial charge >= 0.3 is 0 Å². The molecule has 4 aromatic rings. The molecule has 0 aliphatic rings. The van der Waals surface area contributed by atoms with Crippen LogP contribution in [0.15, 0.2) is 79.0 Å². The van der Waals surface area contributed by atoms with Crippen molar-refractivity contribution in [1.82, 2.24) is 15.1 Å². The van der Waals surface area contributed by atoms with Gasteiger partial charge in [0.05, 0.1) is 35.9 Å². The minimum absolute atomic E-state index is 0.0160. The number of carbonyl (C=O) groups excluding carboxylic acids is 1. The Morgan fingerprint density at radius 2 is 1.86 bits per heavy atom. The van der Waals surface area contributed by atoms with E-state index in [0.29, 0.717) is 22.4 Å². The highest BCUT2D eigenvalue weighted by atomic mass is 19.1. The number of methoxy groups -OCH3 is 1. The Labute approximate surface area is 201 Å². The van der Waals surface area contributed by atoms with E-state index in [1.54, 1.807) is 36.0 Å². The summed E-state index contributed by atoms with van der Waals surface area (Å²) in [6.45, 7) is 1.77. The van der Waals surface area contributed by atoms with Crippen molar-refractivity contribution in [3.05, 3.63) is 106 Å². The lowest BCUT2D eigenvalue weighted by Gasteiger charge is -2.15. The van der Waals surface area contributed by atoms with Crippen LogP contribution in [0, 0.1) is 15.9 Å². The molecule has 0 saturated heterocycles. The summed E-state index contributed by atoms with van der Waals surface area (Å²) in [5, 5.41) is 18.6. The van der Waals surface area contributed by atoms with Crippen LogP contribution in [0.25, 0.3) is 16.9 Å². The van der Waals surface area contributed by atoms with Crippen molar-refractivity contribution in [2.24, 2.45) is 0 Å². The van der Waals surface area contributed by atoms with E-state index >= 15 is 0 Å². The second-order valence-corrected chi connectivity index (χ2v) is 7.95. The fourth-order valence-electron chi connectivity index (χ4n) is 3.74. The van der Waals surface area contributed by atoms with Crippen LogP contribution in [-0.2, 0) is 11.2 Å². The van der Waals surface area contributed by atoms with E-state index in [4.69, 9.17) is 4.74 Å². The largest absolute Gasteiger partial charge is 0.494 e. The van der Waals surface area contributed by atoms with Crippen LogP contribution in [0.1, 0.15) is 24.1 Å². The molecule has 0 bridgehead atoms. The fraction of sp³-hybridized carbons (Fsp3) is 0.154. The van der Waals surface area contributed by atoms with Gasteiger partial charge in [-0.25, -0.2) is 9.07 Å². The average molecular weight is 474 g/mol. The van der Waals surface area contributed by atoms with E-state index in [-0.39, 0.29) is 23.8 Å². The number of para-hydroxylation sites is 1. The molecule has 9 heteroatoms. The van der Waals surface area contributed by atoms with E-state index in [2.05, 4.69) is 10.4 Å². The van der Waals surface area contributed by atoms with Gasteiger partial charge in [-0.3, -0.25) is 14.9 Å². The van der Waals surface area contributed by atoms with Crippen LogP contribution in [0.4, 0.5) is 10.1 Å². The van der Waals surface area contributed by atoms with Crippen molar-refractivity contribution in [3.8, 4) is 22.7 Å². The number of hydrogen-bond acceptors (Lipinski definition) is 5. The maximum Gasteiger partial charge on any atom is 0.269 e. The fourth-order valence-corrected chi connectivity index (χ4v) is 3.74. The number of ether oxygens (including phenoxy) is 1. The Hall–Kier alpha value is -4.53. The molecule has 8 nitrogen and oxygen atoms in total. The molecule has 3 aromatic carbocycles. The van der Waals surface area contributed by atoms with Crippen LogP contribution in [0.2, 0.25) is 0 Å². The molecule has 1 atom stereocenters. The molecule has 0 radical (unpaired) electrons. The molecule has 0 saturated carbocycles. The highest BCUT2D eigenvalue weighted by Crippen LogP contribution is 2.27. The number of carbonyl (C=O) groups is 1. The lowest BCUT2D eigenvalue weighted by molar-refractivity contribution is -0.384. The number of nitro benzene ring substituents is 1. The second kappa shape index (κ2) is 10.2. The monoisotopic (exact) mass is 474 g/mol. The van der Waals surface area contributed by atoms with Gasteiger partial charge in [0, 0.05) is 29.5 Å². The zero-order valence-electron chi connectivity index (χ0n) is 19.1. The number of aromatic nitrogens is 2. The Morgan fingerprint density at radius 1 is 1.14 bits per heavy atom. The standard InChI is InChI=1S/C26H23FN4O4/c1-17(19-10-13-24(35-2)23(27)14-19)28-25(32)15-20-16-30(21-6-4-3-5-7-21)29-26(20)18-8-11-22(12-9-18)31(33)34/h3-14,16-17H,15H2,1-2H3,(H,28,32). The molecule has 178 valence electrons. The maximum absolute atomic E-state index is 14.1. The minimum atomic E-state index is -0.504. The third-order valence-electron chi connectivity index (χ3n) is 5.57. The first-order valence-electron chi connectivity index (χ1n) is 10.9. The number of nitrogens with one attached hydrogen (secondary N) is 1. The number of non-ortho nitro benzene ring substituents is 1. The highest BCUT2D eigenvalue weighted by Gasteiger charge is 2.18. The molecule has 1 heterocycles. The van der Waals surface area contributed by atoms with E-state index in [0.717, 1.165) is 5.69 Å². The number of nitrogens with zero attached hydrogens (tertiary/aromatic N) is 3. The summed E-state index contributed by atoms with van der Waals surface area (Å²) in [6.07, 6.45) is 1.78. The van der Waals surface area contributed by atoms with E-state index in [1.165, 1.54) is 31.4 Å². The lowest BCUT2D eigenvalue weighted by Crippen LogP contribution is -2.28. The lowest BCUT2D eigenvalue weighted by atomic mass is 10.0. The molecule has 0 spiro atoms. The molecule has 4 rings (SSSR count). The molecule has 1 aromatic heterocycles. The summed E-state index contributed by atoms with van der Waals surface area (Å²) in [6, 6.07) is 19.6. The van der Waals surface area contributed by atoms with Gasteiger partial charge < -0.3 is 10.1 Å². The summed E-state index contributed by atoms with van der Waals surface area (Å²) in [7, 11) is 1.39. The molecule has 35 heavy (non-hydrogen) atoms. The molecule has 1 N–H and O–H groups in total. The minimum Gasteiger partial charge on any atom is -0.494 e. The van der Waals surface area contributed by atoms with Crippen molar-refractivity contribution >= 4 is 11.6 Å². The number of benzene rings is 3. The molecular formula is C26H23FN4O4. The molecule has 1 amide bonds. The topological polar surface area (TPSA) is 99.3 Å². The van der Waals surface area contributed by atoms with Gasteiger partial charge in [-0.05, 0) is 48.9 Å². The Bertz CT molecular complexity index is 1350. The van der Waals surface area contributed by atoms with E-state index in [9.17, 15) is 19.3 Å². The molecular weight excluding hydrogens is 451 g/mol. The first-order valence-corrected chi connectivity index (χ1v) is 10.9. The normalized spacial score (nSPS) is 11.6. The van der Waals surface area contributed by atoms with Crippen molar-refractivity contribution in [2.75, 3.05) is 7.11 Å². The first kappa shape index (κ1) is 23.6. The van der Waals surface area contributed by atoms with Crippen LogP contribution >= 0.6 is 0 Å². The summed E-state index contributed by atoms with van der Waals surface area (Å²) in [5.74, 6) is -0.645. The van der Waals surface area contributed by atoms with Crippen LogP contribution in [0.5, 0.6) is 5.75 Å². The Morgan fingerprint density at radius 3 is 2.49 bits per heavy atom. The number of hydrogen-bond donors (Lipinski definition) is 1. The van der Waals surface area contributed by atoms with Crippen molar-refractivity contribution in [1.29, 1.82) is 0 Å². The van der Waals surface area contributed by atoms with Gasteiger partial charge in [0.1, 0.15) is 0 Å². The van der Waals surface area contributed by atoms with Crippen LogP contribution in [0.3, 0.4) is 0 Å². The van der Waals surface area contributed by atoms with Gasteiger partial charge in [-0.2, -0.15) is 5.10 Å². The number of rotatable bonds is 8. The third kappa shape index (κ3) is 5.35. The quantitative estimate of drug-likeness (QED) is 0.286. The molecule has 0 fully saturated rings. The summed E-state index contributed by atoms with van der Waals surface area (Å²) in [4.78, 5) is 23.5. The van der Waals surface area contributed by atoms with E-state index in [1.807, 2.05) is 30.3 Å². The first-order chi connectivity index (χ1) is 16.9. The molecule has 1 unspecified atom stereocenters. The SMILES string of the molecule is COc1ccc(C(C)NC(=O)Cc2cn(-c3ccccc3)nc2-c2ccc([N+](=O)[O-])cc2)cc1F. The number of halogens is 1. The van der Waals surface area contributed by atoms with Crippen molar-refractivity contribution < 1.29 is 18.8 Å². The van der Waals surface area contributed by atoms with Crippen LogP contribution in [-0.4, -0.2) is 27.7 Å². The van der Waals surface area contributed by atoms with Gasteiger partial charge in [-0.15, -0.1) is 0 Å². The van der Waals surface area contributed by atoms with Gasteiger partial charge in [-0.1, -0.05) is 24.3 Å². The van der Waals surface area contributed by atoms with Gasteiger partial charge in [0.25, 0.3) is 5.69 Å². The van der Waals surface area contributed by atoms with Gasteiger partial charge in [0.15, 0.2) is 11.6 Å². The van der Waals surface area contributed by atoms with Gasteiger partial charge in [0.2, 0.25) is 5.91 Å². The summed E-state index contributed by atoms with van der Waals surface area (Å²) < 4.78 is 20.7. The predicted molar refractivity (Wildman–Crippen MR) is 129 cm³/mol. The Balaban J connectivity index is 1.60. The number of nitro groups is 1. The summed E-state index contributed by atoms with van der Waals surface area (Å²) >= 11 is 0. The summed E-state index contributed by atoms with van der Waals surface area (Å²) in [5.41, 5.74) is 3.22. The van der Waals surface area contributed by atoms with Crippen LogP contribution < -0.4 is 10.1 Å². The zero-order valence-corrected chi connectivity index (χ0v) is 19.1. The second-order valence-electron chi connectivity index (χ2n) is 7.95. The van der Waals surface area contributed by atoms with Crippen molar-refractivity contribution in [3.63, 3.8) is 0 Å². The maximum atomic E-state index is 14.1. The third-order valence-corrected chi connectivity index (χ3v) is 5.57.